The predicted octanol–water partition coefficient (Wildman–Crippen LogP) is 4.65. The summed E-state index contributed by atoms with van der Waals surface area (Å²) in [4.78, 5) is 37.3. The lowest BCUT2D eigenvalue weighted by Gasteiger charge is -2.11. The molecule has 0 radical (unpaired) electrons. The summed E-state index contributed by atoms with van der Waals surface area (Å²) in [7, 11) is 3.01. The molecule has 0 saturated heterocycles. The zero-order valence-electron chi connectivity index (χ0n) is 22.8. The number of ether oxygens (including phenoxy) is 4. The normalized spacial score (nSPS) is 11.1. The van der Waals surface area contributed by atoms with Gasteiger partial charge in [0.1, 0.15) is 28.5 Å². The van der Waals surface area contributed by atoms with E-state index in [2.05, 4.69) is 12.2 Å². The number of carbonyl (C=O) groups excluding carboxylic acids is 2. The molecule has 3 rings (SSSR count). The van der Waals surface area contributed by atoms with E-state index in [1.165, 1.54) is 44.6 Å². The maximum Gasteiger partial charge on any atom is 0.354 e. The molecule has 0 saturated carbocycles. The van der Waals surface area contributed by atoms with Crippen molar-refractivity contribution in [3.05, 3.63) is 69.6 Å². The molecule has 0 aliphatic carbocycles. The maximum absolute atomic E-state index is 12.7. The Balaban J connectivity index is 1.73. The van der Waals surface area contributed by atoms with Crippen LogP contribution >= 0.6 is 0 Å². The summed E-state index contributed by atoms with van der Waals surface area (Å²) in [5, 5.41) is 12.6. The van der Waals surface area contributed by atoms with Gasteiger partial charge in [-0.3, -0.25) is 4.79 Å². The number of unbranched alkanes of at least 4 members (excludes halogenated alkanes) is 3. The zero-order chi connectivity index (χ0) is 28.9. The summed E-state index contributed by atoms with van der Waals surface area (Å²) in [6.45, 7) is 3.24. The topological polar surface area (TPSA) is 137 Å². The fourth-order valence-corrected chi connectivity index (χ4v) is 3.74. The Morgan fingerprint density at radius 2 is 1.85 bits per heavy atom. The van der Waals surface area contributed by atoms with Crippen LogP contribution in [0.15, 0.2) is 57.2 Å². The molecule has 1 heterocycles. The van der Waals surface area contributed by atoms with Gasteiger partial charge in [0.25, 0.3) is 5.91 Å². The number of fused-ring (bicyclic) bond motifs is 1. The van der Waals surface area contributed by atoms with Gasteiger partial charge in [-0.2, -0.15) is 5.26 Å². The van der Waals surface area contributed by atoms with E-state index in [1.54, 1.807) is 18.2 Å². The highest BCUT2D eigenvalue weighted by molar-refractivity contribution is 6.00. The molecule has 2 aromatic carbocycles. The highest BCUT2D eigenvalue weighted by Crippen LogP contribution is 2.29. The van der Waals surface area contributed by atoms with E-state index in [1.807, 2.05) is 6.07 Å². The van der Waals surface area contributed by atoms with Gasteiger partial charge in [0.2, 0.25) is 0 Å². The zero-order valence-corrected chi connectivity index (χ0v) is 22.8. The van der Waals surface area contributed by atoms with Crippen LogP contribution in [0.2, 0.25) is 0 Å². The third-order valence-corrected chi connectivity index (χ3v) is 5.85. The molecule has 0 aliphatic heterocycles. The van der Waals surface area contributed by atoms with Gasteiger partial charge in [-0.25, -0.2) is 9.59 Å². The number of nitriles is 1. The number of nitrogens with zero attached hydrogens (tertiary/aromatic N) is 1. The lowest BCUT2D eigenvalue weighted by atomic mass is 10.1. The maximum atomic E-state index is 12.7. The quantitative estimate of drug-likeness (QED) is 0.0762. The molecule has 0 atom stereocenters. The van der Waals surface area contributed by atoms with Gasteiger partial charge in [0.05, 0.1) is 20.3 Å². The van der Waals surface area contributed by atoms with Crippen LogP contribution in [0.4, 0.5) is 0 Å². The second kappa shape index (κ2) is 15.1. The largest absolute Gasteiger partial charge is 0.493 e. The van der Waals surface area contributed by atoms with Gasteiger partial charge in [0, 0.05) is 25.1 Å². The van der Waals surface area contributed by atoms with Crippen molar-refractivity contribution in [3.63, 3.8) is 0 Å². The standard InChI is InChI=1S/C30H32N2O8/c1-4-5-6-7-13-38-25-11-8-20(16-27(25)37-3)15-22(19-31)29(34)39-23-10-9-21-17-24(28(33)32-12-14-36-2)30(35)40-26(21)18-23/h8-11,15-18H,4-7,12-14H2,1-3H3,(H,32,33)/b22-15+. The van der Waals surface area contributed by atoms with Crippen LogP contribution in [-0.2, 0) is 9.53 Å². The van der Waals surface area contributed by atoms with Crippen molar-refractivity contribution in [2.24, 2.45) is 0 Å². The summed E-state index contributed by atoms with van der Waals surface area (Å²) in [5.74, 6) is -0.371. The van der Waals surface area contributed by atoms with Gasteiger partial charge in [0.15, 0.2) is 11.5 Å². The molecule has 1 N–H and O–H groups in total. The summed E-state index contributed by atoms with van der Waals surface area (Å²) in [6.07, 6.45) is 5.70. The lowest BCUT2D eigenvalue weighted by Crippen LogP contribution is -2.30. The summed E-state index contributed by atoms with van der Waals surface area (Å²) in [5.41, 5.74) is -0.595. The minimum Gasteiger partial charge on any atom is -0.493 e. The number of hydrogen-bond acceptors (Lipinski definition) is 9. The number of amides is 1. The summed E-state index contributed by atoms with van der Waals surface area (Å²) in [6, 6.07) is 12.7. The smallest absolute Gasteiger partial charge is 0.354 e. The molecule has 0 unspecified atom stereocenters. The highest BCUT2D eigenvalue weighted by atomic mass is 16.5. The number of methoxy groups -OCH3 is 2. The average Bonchev–Trinajstić information content (AvgIpc) is 2.95. The van der Waals surface area contributed by atoms with Crippen molar-refractivity contribution in [3.8, 4) is 23.3 Å². The van der Waals surface area contributed by atoms with E-state index in [0.29, 0.717) is 35.7 Å². The Morgan fingerprint density at radius 1 is 1.02 bits per heavy atom. The molecular formula is C30H32N2O8. The molecule has 3 aromatic rings. The Hall–Kier alpha value is -4.62. The van der Waals surface area contributed by atoms with E-state index in [0.717, 1.165) is 25.7 Å². The second-order valence-corrected chi connectivity index (χ2v) is 8.77. The Morgan fingerprint density at radius 3 is 2.58 bits per heavy atom. The van der Waals surface area contributed by atoms with Crippen molar-refractivity contribution in [2.45, 2.75) is 32.6 Å². The molecule has 0 bridgehead atoms. The van der Waals surface area contributed by atoms with Crippen molar-refractivity contribution >= 4 is 28.9 Å². The highest BCUT2D eigenvalue weighted by Gasteiger charge is 2.16. The molecule has 0 fully saturated rings. The molecule has 1 amide bonds. The lowest BCUT2D eigenvalue weighted by molar-refractivity contribution is -0.129. The van der Waals surface area contributed by atoms with Crippen LogP contribution in [0.25, 0.3) is 17.0 Å². The van der Waals surface area contributed by atoms with Crippen LogP contribution in [-0.4, -0.2) is 45.9 Å². The van der Waals surface area contributed by atoms with E-state index in [9.17, 15) is 19.6 Å². The average molecular weight is 549 g/mol. The molecule has 10 heteroatoms. The number of nitrogens with one attached hydrogen (secondary N) is 1. The molecule has 1 aromatic heterocycles. The Bertz CT molecular complexity index is 1470. The fourth-order valence-electron chi connectivity index (χ4n) is 3.74. The Labute approximate surface area is 232 Å². The van der Waals surface area contributed by atoms with Crippen LogP contribution in [0.3, 0.4) is 0 Å². The van der Waals surface area contributed by atoms with Gasteiger partial charge in [-0.05, 0) is 48.4 Å². The molecule has 0 aliphatic rings. The van der Waals surface area contributed by atoms with Crippen molar-refractivity contribution < 1.29 is 33.0 Å². The first-order chi connectivity index (χ1) is 19.4. The van der Waals surface area contributed by atoms with Gasteiger partial charge in [-0.1, -0.05) is 32.3 Å². The first kappa shape index (κ1) is 29.9. The Kier molecular flexibility index (Phi) is 11.3. The molecule has 0 spiro atoms. The van der Waals surface area contributed by atoms with E-state index in [4.69, 9.17) is 23.4 Å². The number of rotatable bonds is 14. The minimum atomic E-state index is -0.895. The van der Waals surface area contributed by atoms with Gasteiger partial charge >= 0.3 is 11.6 Å². The number of esters is 1. The van der Waals surface area contributed by atoms with E-state index in [-0.39, 0.29) is 29.0 Å². The molecule has 40 heavy (non-hydrogen) atoms. The van der Waals surface area contributed by atoms with Gasteiger partial charge in [-0.15, -0.1) is 0 Å². The van der Waals surface area contributed by atoms with Crippen molar-refractivity contribution in [1.29, 1.82) is 5.26 Å². The van der Waals surface area contributed by atoms with E-state index >= 15 is 0 Å². The summed E-state index contributed by atoms with van der Waals surface area (Å²) >= 11 is 0. The SMILES string of the molecule is CCCCCCOc1ccc(/C=C(\C#N)C(=O)Oc2ccc3cc(C(=O)NCCOC)c(=O)oc3c2)cc1OC. The first-order valence-electron chi connectivity index (χ1n) is 12.9. The number of benzene rings is 2. The van der Waals surface area contributed by atoms with Crippen LogP contribution in [0.1, 0.15) is 48.5 Å². The molecular weight excluding hydrogens is 516 g/mol. The molecule has 210 valence electrons. The first-order valence-corrected chi connectivity index (χ1v) is 12.9. The second-order valence-electron chi connectivity index (χ2n) is 8.77. The van der Waals surface area contributed by atoms with Crippen LogP contribution in [0.5, 0.6) is 17.2 Å². The van der Waals surface area contributed by atoms with Crippen LogP contribution < -0.4 is 25.2 Å². The number of carbonyl (C=O) groups is 2. The van der Waals surface area contributed by atoms with Crippen LogP contribution in [0, 0.1) is 11.3 Å². The van der Waals surface area contributed by atoms with Crippen molar-refractivity contribution in [1.82, 2.24) is 5.32 Å². The third kappa shape index (κ3) is 8.19. The minimum absolute atomic E-state index is 0.0588. The fraction of sp³-hybridized carbons (Fsp3) is 0.333. The predicted molar refractivity (Wildman–Crippen MR) is 149 cm³/mol. The molecule has 10 nitrogen and oxygen atoms in total. The number of hydrogen-bond donors (Lipinski definition) is 1. The third-order valence-electron chi connectivity index (χ3n) is 5.85. The summed E-state index contributed by atoms with van der Waals surface area (Å²) < 4.78 is 26.7. The van der Waals surface area contributed by atoms with Gasteiger partial charge < -0.3 is 28.7 Å². The van der Waals surface area contributed by atoms with Crippen molar-refractivity contribution in [2.75, 3.05) is 34.0 Å². The van der Waals surface area contributed by atoms with E-state index < -0.39 is 17.5 Å². The monoisotopic (exact) mass is 548 g/mol.